The number of hydrogen-bond acceptors (Lipinski definition) is 6. The molecule has 178 valence electrons. The van der Waals surface area contributed by atoms with Crippen LogP contribution in [0.3, 0.4) is 0 Å². The number of aryl methyl sites for hydroxylation is 2. The van der Waals surface area contributed by atoms with Crippen LogP contribution in [-0.4, -0.2) is 27.3 Å². The third-order valence-electron chi connectivity index (χ3n) is 6.36. The van der Waals surface area contributed by atoms with E-state index in [2.05, 4.69) is 42.5 Å². The van der Waals surface area contributed by atoms with Gasteiger partial charge < -0.3 is 23.9 Å². The fourth-order valence-corrected chi connectivity index (χ4v) is 4.51. The van der Waals surface area contributed by atoms with Crippen LogP contribution in [0.4, 0.5) is 0 Å². The van der Waals surface area contributed by atoms with Crippen molar-refractivity contribution in [1.29, 1.82) is 0 Å². The highest BCUT2D eigenvalue weighted by Crippen LogP contribution is 2.38. The Hall–Kier alpha value is -3.91. The molecule has 1 N–H and O–H groups in total. The lowest BCUT2D eigenvalue weighted by molar-refractivity contribution is 0.382. The van der Waals surface area contributed by atoms with Crippen LogP contribution in [0.5, 0.6) is 5.75 Å². The lowest BCUT2D eigenvalue weighted by Crippen LogP contribution is -2.45. The largest absolute Gasteiger partial charge is 0.497 e. The number of nitrogens with zero attached hydrogens (tertiary/aromatic N) is 3. The molecule has 3 heterocycles. The van der Waals surface area contributed by atoms with Gasteiger partial charge in [0.05, 0.1) is 31.5 Å². The number of rotatable bonds is 6. The third kappa shape index (κ3) is 4.44. The second kappa shape index (κ2) is 9.38. The quantitative estimate of drug-likeness (QED) is 0.342. The summed E-state index contributed by atoms with van der Waals surface area (Å²) in [5, 5.41) is 8.38. The Morgan fingerprint density at radius 1 is 1.06 bits per heavy atom. The molecule has 0 saturated heterocycles. The highest BCUT2D eigenvalue weighted by Gasteiger charge is 2.34. The van der Waals surface area contributed by atoms with Crippen LogP contribution in [0.25, 0.3) is 17.0 Å². The van der Waals surface area contributed by atoms with Crippen molar-refractivity contribution < 1.29 is 13.7 Å². The van der Waals surface area contributed by atoms with Gasteiger partial charge in [0.2, 0.25) is 5.82 Å². The molecule has 8 heteroatoms. The minimum Gasteiger partial charge on any atom is -0.497 e. The maximum atomic E-state index is 5.83. The van der Waals surface area contributed by atoms with Gasteiger partial charge in [-0.3, -0.25) is 0 Å². The molecule has 1 aliphatic rings. The number of ether oxygens (including phenoxy) is 1. The van der Waals surface area contributed by atoms with Crippen LogP contribution < -0.4 is 10.1 Å². The van der Waals surface area contributed by atoms with Crippen LogP contribution in [0.2, 0.25) is 0 Å². The summed E-state index contributed by atoms with van der Waals surface area (Å²) >= 11 is 5.78. The van der Waals surface area contributed by atoms with Crippen molar-refractivity contribution in [3.8, 4) is 17.1 Å². The Balaban J connectivity index is 1.59. The van der Waals surface area contributed by atoms with E-state index in [4.69, 9.17) is 30.9 Å². The van der Waals surface area contributed by atoms with E-state index in [1.54, 1.807) is 13.4 Å². The van der Waals surface area contributed by atoms with E-state index in [1.807, 2.05) is 48.2 Å². The van der Waals surface area contributed by atoms with E-state index >= 15 is 0 Å². The number of nitrogens with one attached hydrogen (secondary N) is 1. The average Bonchev–Trinajstić information content (AvgIpc) is 3.56. The van der Waals surface area contributed by atoms with Crippen molar-refractivity contribution in [3.63, 3.8) is 0 Å². The molecule has 2 aromatic carbocycles. The van der Waals surface area contributed by atoms with Crippen LogP contribution in [0.1, 0.15) is 41.3 Å². The first-order valence-corrected chi connectivity index (χ1v) is 11.7. The molecule has 4 aromatic rings. The number of furan rings is 1. The number of hydrogen-bond donors (Lipinski definition) is 1. The Morgan fingerprint density at radius 2 is 1.86 bits per heavy atom. The lowest BCUT2D eigenvalue weighted by Gasteiger charge is -2.37. The number of aromatic nitrogens is 2. The van der Waals surface area contributed by atoms with Crippen LogP contribution in [-0.2, 0) is 6.54 Å². The van der Waals surface area contributed by atoms with E-state index in [0.29, 0.717) is 23.4 Å². The smallest absolute Gasteiger partial charge is 0.258 e. The van der Waals surface area contributed by atoms with E-state index in [1.165, 1.54) is 11.1 Å². The molecule has 0 fully saturated rings. The standard InChI is InChI=1S/C27H26N4O3S/c1-16-7-8-20(14-17(16)2)24-23(18(3)31(27(35)28-24)15-22-6-5-13-33-22)26-29-25(30-34-26)19-9-11-21(32-4)12-10-19/h5-14,24H,15H2,1-4H3,(H,28,35). The topological polar surface area (TPSA) is 76.6 Å². The van der Waals surface area contributed by atoms with Gasteiger partial charge in [0.25, 0.3) is 5.89 Å². The Labute approximate surface area is 209 Å². The Bertz CT molecular complexity index is 1390. The zero-order valence-electron chi connectivity index (χ0n) is 20.0. The van der Waals surface area contributed by atoms with Crippen LogP contribution in [0.15, 0.2) is 75.5 Å². The van der Waals surface area contributed by atoms with E-state index in [9.17, 15) is 0 Å². The van der Waals surface area contributed by atoms with Crippen molar-refractivity contribution in [2.24, 2.45) is 0 Å². The molecular weight excluding hydrogens is 460 g/mol. The van der Waals surface area contributed by atoms with Gasteiger partial charge in [-0.15, -0.1) is 0 Å². The summed E-state index contributed by atoms with van der Waals surface area (Å²) in [4.78, 5) is 6.77. The minimum atomic E-state index is -0.237. The highest BCUT2D eigenvalue weighted by atomic mass is 32.1. The molecule has 7 nitrogen and oxygen atoms in total. The molecule has 0 radical (unpaired) electrons. The number of methoxy groups -OCH3 is 1. The van der Waals surface area contributed by atoms with Gasteiger partial charge in [-0.1, -0.05) is 23.4 Å². The SMILES string of the molecule is COc1ccc(-c2noc(C3=C(C)N(Cc4ccco4)C(=S)NC3c3ccc(C)c(C)c3)n2)cc1. The minimum absolute atomic E-state index is 0.237. The van der Waals surface area contributed by atoms with Crippen molar-refractivity contribution >= 4 is 22.9 Å². The fourth-order valence-electron chi connectivity index (χ4n) is 4.19. The average molecular weight is 487 g/mol. The summed E-state index contributed by atoms with van der Waals surface area (Å²) in [7, 11) is 1.64. The molecule has 0 bridgehead atoms. The van der Waals surface area contributed by atoms with E-state index in [-0.39, 0.29) is 6.04 Å². The summed E-state index contributed by atoms with van der Waals surface area (Å²) in [5.74, 6) is 2.52. The first kappa shape index (κ1) is 22.9. The first-order chi connectivity index (χ1) is 16.9. The second-order valence-electron chi connectivity index (χ2n) is 8.54. The van der Waals surface area contributed by atoms with Crippen LogP contribution in [0, 0.1) is 13.8 Å². The number of benzene rings is 2. The van der Waals surface area contributed by atoms with Gasteiger partial charge in [0.1, 0.15) is 11.5 Å². The van der Waals surface area contributed by atoms with E-state index < -0.39 is 0 Å². The fraction of sp³-hybridized carbons (Fsp3) is 0.222. The van der Waals surface area contributed by atoms with Crippen molar-refractivity contribution in [3.05, 3.63) is 94.9 Å². The normalized spacial score (nSPS) is 15.9. The summed E-state index contributed by atoms with van der Waals surface area (Å²) in [6.45, 7) is 6.72. The summed E-state index contributed by atoms with van der Waals surface area (Å²) in [5.41, 5.74) is 6.15. The van der Waals surface area contributed by atoms with Crippen molar-refractivity contribution in [2.75, 3.05) is 7.11 Å². The molecule has 5 rings (SSSR count). The first-order valence-electron chi connectivity index (χ1n) is 11.3. The lowest BCUT2D eigenvalue weighted by atomic mass is 9.92. The number of allylic oxidation sites excluding steroid dienone is 1. The van der Waals surface area contributed by atoms with Gasteiger partial charge in [-0.05, 0) is 86.1 Å². The summed E-state index contributed by atoms with van der Waals surface area (Å²) in [6, 6.07) is 17.5. The highest BCUT2D eigenvalue weighted by molar-refractivity contribution is 7.80. The van der Waals surface area contributed by atoms with Crippen molar-refractivity contribution in [1.82, 2.24) is 20.4 Å². The summed E-state index contributed by atoms with van der Waals surface area (Å²) in [6.07, 6.45) is 1.66. The van der Waals surface area contributed by atoms with Gasteiger partial charge in [-0.2, -0.15) is 4.98 Å². The molecule has 1 aliphatic heterocycles. The van der Waals surface area contributed by atoms with Gasteiger partial charge in [0.15, 0.2) is 5.11 Å². The molecule has 0 amide bonds. The predicted octanol–water partition coefficient (Wildman–Crippen LogP) is 5.82. The monoisotopic (exact) mass is 486 g/mol. The summed E-state index contributed by atoms with van der Waals surface area (Å²) < 4.78 is 16.7. The van der Waals surface area contributed by atoms with E-state index in [0.717, 1.165) is 33.9 Å². The Kier molecular flexibility index (Phi) is 6.13. The van der Waals surface area contributed by atoms with Gasteiger partial charge in [0, 0.05) is 11.3 Å². The molecule has 0 spiro atoms. The molecule has 0 aliphatic carbocycles. The second-order valence-corrected chi connectivity index (χ2v) is 8.93. The van der Waals surface area contributed by atoms with Crippen molar-refractivity contribution in [2.45, 2.75) is 33.4 Å². The molecule has 0 saturated carbocycles. The zero-order valence-corrected chi connectivity index (χ0v) is 20.8. The molecule has 1 atom stereocenters. The third-order valence-corrected chi connectivity index (χ3v) is 6.70. The predicted molar refractivity (Wildman–Crippen MR) is 138 cm³/mol. The maximum absolute atomic E-state index is 5.83. The molecule has 1 unspecified atom stereocenters. The Morgan fingerprint density at radius 3 is 2.54 bits per heavy atom. The van der Waals surface area contributed by atoms with Gasteiger partial charge in [-0.25, -0.2) is 0 Å². The van der Waals surface area contributed by atoms with Crippen LogP contribution >= 0.6 is 12.2 Å². The zero-order chi connectivity index (χ0) is 24.5. The molecule has 35 heavy (non-hydrogen) atoms. The number of thiocarbonyl (C=S) groups is 1. The molecule has 2 aromatic heterocycles. The molecular formula is C27H26N4O3S. The van der Waals surface area contributed by atoms with Gasteiger partial charge >= 0.3 is 0 Å². The maximum Gasteiger partial charge on any atom is 0.258 e.